The molecule has 210 valence electrons. The van der Waals surface area contributed by atoms with E-state index in [-0.39, 0.29) is 19.0 Å². The molecular weight excluding hydrogens is 504 g/mol. The quantitative estimate of drug-likeness (QED) is 0.343. The number of β-amino-alcohol motifs (C(OH)–C–C–N with tert-alkyl or cyclic N) is 1. The maximum absolute atomic E-state index is 15.0. The number of carbonyl (C=O) groups excluding carboxylic acids is 1. The molecule has 3 aromatic rings. The Kier molecular flexibility index (Phi) is 10.0. The number of ether oxygens (including phenoxy) is 1. The number of aliphatic hydroxyl groups excluding tert-OH is 1. The standard InChI is InChI=1S/C29H37F2N5O3/c1-21(2)16-25-17-23(33-36(25)24-6-4-3-5-7-24)18-32-29(38)28(31)35-14-12-34(13-15-35)19-26(37)20-39-27-10-8-22(30)9-11-27/h3-11,17,21,26,28,37H,12-16,18-20H2,1-2H3,(H,32,38)/t26?,28-/m1/s1. The van der Waals surface area contributed by atoms with E-state index in [4.69, 9.17) is 4.74 Å². The molecule has 0 saturated carbocycles. The average molecular weight is 542 g/mol. The number of nitrogens with zero attached hydrogens (tertiary/aromatic N) is 4. The van der Waals surface area contributed by atoms with Crippen molar-refractivity contribution in [3.8, 4) is 11.4 Å². The zero-order valence-electron chi connectivity index (χ0n) is 22.5. The van der Waals surface area contributed by atoms with Crippen molar-refractivity contribution in [1.82, 2.24) is 24.9 Å². The smallest absolute Gasteiger partial charge is 0.270 e. The molecule has 0 aliphatic carbocycles. The van der Waals surface area contributed by atoms with Gasteiger partial charge < -0.3 is 15.2 Å². The van der Waals surface area contributed by atoms with Gasteiger partial charge in [-0.3, -0.25) is 14.6 Å². The predicted octanol–water partition coefficient (Wildman–Crippen LogP) is 3.18. The summed E-state index contributed by atoms with van der Waals surface area (Å²) >= 11 is 0. The van der Waals surface area contributed by atoms with Crippen molar-refractivity contribution in [3.63, 3.8) is 0 Å². The molecule has 1 unspecified atom stereocenters. The van der Waals surface area contributed by atoms with Gasteiger partial charge in [-0.1, -0.05) is 32.0 Å². The Hall–Kier alpha value is -3.34. The van der Waals surface area contributed by atoms with E-state index in [1.54, 1.807) is 0 Å². The lowest BCUT2D eigenvalue weighted by atomic mass is 10.1. The lowest BCUT2D eigenvalue weighted by Gasteiger charge is -2.36. The normalized spacial score (nSPS) is 16.3. The summed E-state index contributed by atoms with van der Waals surface area (Å²) < 4.78 is 35.4. The maximum Gasteiger partial charge on any atom is 0.270 e. The van der Waals surface area contributed by atoms with E-state index >= 15 is 4.39 Å². The molecule has 1 aromatic heterocycles. The highest BCUT2D eigenvalue weighted by atomic mass is 19.1. The van der Waals surface area contributed by atoms with Gasteiger partial charge in [0, 0.05) is 38.4 Å². The molecule has 2 atom stereocenters. The minimum absolute atomic E-state index is 0.0684. The third-order valence-electron chi connectivity index (χ3n) is 6.56. The first kappa shape index (κ1) is 28.7. The van der Waals surface area contributed by atoms with Crippen LogP contribution in [0.1, 0.15) is 25.2 Å². The number of nitrogens with one attached hydrogen (secondary N) is 1. The van der Waals surface area contributed by atoms with E-state index in [0.29, 0.717) is 50.1 Å². The van der Waals surface area contributed by atoms with Gasteiger partial charge in [-0.15, -0.1) is 0 Å². The van der Waals surface area contributed by atoms with Crippen molar-refractivity contribution >= 4 is 5.91 Å². The van der Waals surface area contributed by atoms with Gasteiger partial charge in [-0.05, 0) is 54.8 Å². The largest absolute Gasteiger partial charge is 0.491 e. The fourth-order valence-electron chi connectivity index (χ4n) is 4.59. The van der Waals surface area contributed by atoms with Crippen LogP contribution in [0.25, 0.3) is 5.69 Å². The number of para-hydroxylation sites is 1. The number of carbonyl (C=O) groups is 1. The molecule has 8 nitrogen and oxygen atoms in total. The van der Waals surface area contributed by atoms with E-state index in [2.05, 4.69) is 24.3 Å². The van der Waals surface area contributed by atoms with Crippen LogP contribution in [0.15, 0.2) is 60.7 Å². The van der Waals surface area contributed by atoms with Gasteiger partial charge in [0.25, 0.3) is 5.91 Å². The lowest BCUT2D eigenvalue weighted by molar-refractivity contribution is -0.134. The molecule has 4 rings (SSSR count). The van der Waals surface area contributed by atoms with Crippen molar-refractivity contribution in [3.05, 3.63) is 77.9 Å². The number of aromatic nitrogens is 2. The molecule has 0 bridgehead atoms. The van der Waals surface area contributed by atoms with E-state index in [1.807, 2.05) is 46.0 Å². The number of halogens is 2. The summed E-state index contributed by atoms with van der Waals surface area (Å²) in [6.07, 6.45) is -1.67. The third kappa shape index (κ3) is 8.32. The van der Waals surface area contributed by atoms with Crippen LogP contribution in [0, 0.1) is 11.7 Å². The van der Waals surface area contributed by atoms with Crippen molar-refractivity contribution in [2.24, 2.45) is 5.92 Å². The summed E-state index contributed by atoms with van der Waals surface area (Å²) in [5.41, 5.74) is 2.66. The SMILES string of the molecule is CC(C)Cc1cc(CNC(=O)[C@H](F)N2CCN(CC(O)COc3ccc(F)cc3)CC2)nn1-c1ccccc1. The van der Waals surface area contributed by atoms with E-state index in [0.717, 1.165) is 17.8 Å². The molecule has 2 aromatic carbocycles. The van der Waals surface area contributed by atoms with Gasteiger partial charge in [0.2, 0.25) is 6.30 Å². The van der Waals surface area contributed by atoms with Crippen LogP contribution in [0.5, 0.6) is 5.75 Å². The van der Waals surface area contributed by atoms with Gasteiger partial charge in [0.15, 0.2) is 0 Å². The second-order valence-corrected chi connectivity index (χ2v) is 10.3. The Morgan fingerprint density at radius 3 is 2.44 bits per heavy atom. The van der Waals surface area contributed by atoms with Gasteiger partial charge in [0.1, 0.15) is 24.3 Å². The molecule has 2 N–H and O–H groups in total. The van der Waals surface area contributed by atoms with Crippen LogP contribution in [0.3, 0.4) is 0 Å². The first-order chi connectivity index (χ1) is 18.8. The molecule has 1 aliphatic heterocycles. The molecule has 0 radical (unpaired) electrons. The van der Waals surface area contributed by atoms with E-state index in [1.165, 1.54) is 29.2 Å². The molecule has 1 saturated heterocycles. The van der Waals surface area contributed by atoms with Crippen LogP contribution < -0.4 is 10.1 Å². The number of hydrogen-bond acceptors (Lipinski definition) is 6. The summed E-state index contributed by atoms with van der Waals surface area (Å²) in [5.74, 6) is -0.121. The molecule has 1 aliphatic rings. The molecule has 1 amide bonds. The Morgan fingerprint density at radius 1 is 1.08 bits per heavy atom. The maximum atomic E-state index is 15.0. The van der Waals surface area contributed by atoms with Crippen LogP contribution in [0.2, 0.25) is 0 Å². The molecule has 1 fully saturated rings. The van der Waals surface area contributed by atoms with Crippen LogP contribution in [-0.4, -0.2) is 82.3 Å². The molecule has 39 heavy (non-hydrogen) atoms. The number of hydrogen-bond donors (Lipinski definition) is 2. The fourth-order valence-corrected chi connectivity index (χ4v) is 4.59. The number of benzene rings is 2. The summed E-state index contributed by atoms with van der Waals surface area (Å²) in [7, 11) is 0. The van der Waals surface area contributed by atoms with Crippen molar-refractivity contribution in [2.75, 3.05) is 39.3 Å². The number of piperazine rings is 1. The molecule has 10 heteroatoms. The Labute approximate surface area is 228 Å². The van der Waals surface area contributed by atoms with E-state index in [9.17, 15) is 14.3 Å². The van der Waals surface area contributed by atoms with Gasteiger partial charge >= 0.3 is 0 Å². The second-order valence-electron chi connectivity index (χ2n) is 10.3. The number of rotatable bonds is 12. The van der Waals surface area contributed by atoms with Crippen LogP contribution in [-0.2, 0) is 17.8 Å². The predicted molar refractivity (Wildman–Crippen MR) is 145 cm³/mol. The highest BCUT2D eigenvalue weighted by Gasteiger charge is 2.29. The summed E-state index contributed by atoms with van der Waals surface area (Å²) in [5, 5.41) is 17.7. The summed E-state index contributed by atoms with van der Waals surface area (Å²) in [6, 6.07) is 17.4. The molecular formula is C29H37F2N5O3. The zero-order chi connectivity index (χ0) is 27.8. The lowest BCUT2D eigenvalue weighted by Crippen LogP contribution is -2.54. The number of amides is 1. The third-order valence-corrected chi connectivity index (χ3v) is 6.56. The van der Waals surface area contributed by atoms with Gasteiger partial charge in [0.05, 0.1) is 17.9 Å². The van der Waals surface area contributed by atoms with Crippen LogP contribution in [0.4, 0.5) is 8.78 Å². The molecule has 2 heterocycles. The Bertz CT molecular complexity index is 1180. The molecule has 0 spiro atoms. The zero-order valence-corrected chi connectivity index (χ0v) is 22.5. The van der Waals surface area contributed by atoms with Crippen molar-refractivity contribution in [2.45, 2.75) is 39.2 Å². The highest BCUT2D eigenvalue weighted by Crippen LogP contribution is 2.17. The van der Waals surface area contributed by atoms with Gasteiger partial charge in [-0.2, -0.15) is 5.10 Å². The van der Waals surface area contributed by atoms with Crippen molar-refractivity contribution < 1.29 is 23.4 Å². The first-order valence-corrected chi connectivity index (χ1v) is 13.4. The Balaban J connectivity index is 1.22. The fraction of sp³-hybridized carbons (Fsp3) is 0.448. The van der Waals surface area contributed by atoms with Crippen molar-refractivity contribution in [1.29, 1.82) is 0 Å². The van der Waals surface area contributed by atoms with Crippen LogP contribution >= 0.6 is 0 Å². The monoisotopic (exact) mass is 541 g/mol. The minimum Gasteiger partial charge on any atom is -0.491 e. The summed E-state index contributed by atoms with van der Waals surface area (Å²) in [4.78, 5) is 16.1. The summed E-state index contributed by atoms with van der Waals surface area (Å²) in [6.45, 7) is 6.61. The number of aliphatic hydroxyl groups is 1. The highest BCUT2D eigenvalue weighted by molar-refractivity contribution is 5.80. The minimum atomic E-state index is -1.76. The Morgan fingerprint density at radius 2 is 1.77 bits per heavy atom. The number of alkyl halides is 1. The average Bonchev–Trinajstić information content (AvgIpc) is 3.33. The topological polar surface area (TPSA) is 82.9 Å². The van der Waals surface area contributed by atoms with Gasteiger partial charge in [-0.25, -0.2) is 13.5 Å². The first-order valence-electron chi connectivity index (χ1n) is 13.4. The van der Waals surface area contributed by atoms with E-state index < -0.39 is 18.3 Å². The second kappa shape index (κ2) is 13.6.